The zero-order valence-electron chi connectivity index (χ0n) is 18.3. The van der Waals surface area contributed by atoms with Crippen LogP contribution in [-0.4, -0.2) is 71.7 Å². The van der Waals surface area contributed by atoms with Gasteiger partial charge in [0.25, 0.3) is 5.91 Å². The Kier molecular flexibility index (Phi) is 6.55. The molecule has 0 spiro atoms. The van der Waals surface area contributed by atoms with Gasteiger partial charge >= 0.3 is 5.97 Å². The topological polar surface area (TPSA) is 102 Å². The fourth-order valence-electron chi connectivity index (χ4n) is 4.09. The van der Waals surface area contributed by atoms with E-state index in [1.54, 1.807) is 22.8 Å². The number of hydrogen-bond donors (Lipinski definition) is 0. The quantitative estimate of drug-likeness (QED) is 0.607. The molecule has 4 rings (SSSR count). The van der Waals surface area contributed by atoms with E-state index < -0.39 is 0 Å². The summed E-state index contributed by atoms with van der Waals surface area (Å²) in [6.07, 6.45) is 1.24. The number of piperidine rings is 1. The maximum atomic E-state index is 12.8. The number of carbonyl (C=O) groups is 3. The van der Waals surface area contributed by atoms with Crippen LogP contribution in [0.4, 0.5) is 0 Å². The maximum Gasteiger partial charge on any atom is 0.332 e. The number of hydrogen-bond acceptors (Lipinski definition) is 7. The third-order valence-electron chi connectivity index (χ3n) is 5.77. The van der Waals surface area contributed by atoms with Gasteiger partial charge < -0.3 is 23.8 Å². The van der Waals surface area contributed by atoms with Gasteiger partial charge in [-0.2, -0.15) is 0 Å². The van der Waals surface area contributed by atoms with Crippen molar-refractivity contribution in [2.24, 2.45) is 0 Å². The van der Waals surface area contributed by atoms with E-state index in [4.69, 9.17) is 14.0 Å². The number of rotatable bonds is 7. The Hall–Kier alpha value is -3.20. The average Bonchev–Trinajstić information content (AvgIpc) is 3.36. The molecule has 1 saturated heterocycles. The summed E-state index contributed by atoms with van der Waals surface area (Å²) < 4.78 is 15.6. The Labute approximate surface area is 186 Å². The first-order valence-corrected chi connectivity index (χ1v) is 10.9. The molecular weight excluding hydrogens is 414 g/mol. The highest BCUT2D eigenvalue weighted by atomic mass is 16.6. The van der Waals surface area contributed by atoms with Crippen molar-refractivity contribution in [3.63, 3.8) is 0 Å². The van der Waals surface area contributed by atoms with Gasteiger partial charge in [-0.3, -0.25) is 9.59 Å². The van der Waals surface area contributed by atoms with E-state index in [-0.39, 0.29) is 37.0 Å². The molecule has 2 amide bonds. The largest absolute Gasteiger partial charge is 0.464 e. The number of aryl methyl sites for hydroxylation is 1. The highest BCUT2D eigenvalue weighted by Crippen LogP contribution is 2.28. The van der Waals surface area contributed by atoms with Crippen LogP contribution in [0.5, 0.6) is 0 Å². The van der Waals surface area contributed by atoms with Crippen molar-refractivity contribution in [3.05, 3.63) is 41.2 Å². The molecule has 0 saturated carbocycles. The van der Waals surface area contributed by atoms with Gasteiger partial charge in [-0.05, 0) is 44.4 Å². The fraction of sp³-hybridized carbons (Fsp3) is 0.478. The lowest BCUT2D eigenvalue weighted by Gasteiger charge is -2.32. The standard InChI is InChI=1S/C23H27N3O6/c1-3-30-22(28)14-31-18-6-8-25(9-7-18)21(27)13-26-12-17-11-16(4-5-19(17)23(26)29)20-10-15(2)32-24-20/h4-5,10-11,18H,3,6-9,12-14H2,1-2H3. The number of esters is 1. The second kappa shape index (κ2) is 9.52. The van der Waals surface area contributed by atoms with Crippen molar-refractivity contribution >= 4 is 17.8 Å². The van der Waals surface area contributed by atoms with Crippen LogP contribution in [0.15, 0.2) is 28.8 Å². The monoisotopic (exact) mass is 441 g/mol. The fourth-order valence-corrected chi connectivity index (χ4v) is 4.09. The molecule has 2 aliphatic rings. The number of aromatic nitrogens is 1. The molecule has 2 aliphatic heterocycles. The highest BCUT2D eigenvalue weighted by molar-refractivity contribution is 6.00. The first kappa shape index (κ1) is 22.0. The summed E-state index contributed by atoms with van der Waals surface area (Å²) in [5.41, 5.74) is 3.10. The highest BCUT2D eigenvalue weighted by Gasteiger charge is 2.31. The summed E-state index contributed by atoms with van der Waals surface area (Å²) in [4.78, 5) is 40.3. The van der Waals surface area contributed by atoms with Crippen LogP contribution in [0.2, 0.25) is 0 Å². The SMILES string of the molecule is CCOC(=O)COC1CCN(C(=O)CN2Cc3cc(-c4cc(C)on4)ccc3C2=O)CC1. The summed E-state index contributed by atoms with van der Waals surface area (Å²) in [6, 6.07) is 7.41. The van der Waals surface area contributed by atoms with Gasteiger partial charge in [-0.15, -0.1) is 0 Å². The molecule has 0 unspecified atom stereocenters. The normalized spacial score (nSPS) is 16.4. The van der Waals surface area contributed by atoms with Crippen LogP contribution >= 0.6 is 0 Å². The average molecular weight is 441 g/mol. The number of likely N-dealkylation sites (tertiary alicyclic amines) is 1. The molecule has 9 nitrogen and oxygen atoms in total. The van der Waals surface area contributed by atoms with Crippen LogP contribution < -0.4 is 0 Å². The minimum atomic E-state index is -0.375. The van der Waals surface area contributed by atoms with Gasteiger partial charge in [0.1, 0.15) is 24.6 Å². The maximum absolute atomic E-state index is 12.8. The van der Waals surface area contributed by atoms with Crippen LogP contribution in [0, 0.1) is 6.92 Å². The third kappa shape index (κ3) is 4.83. The Morgan fingerprint density at radius 2 is 2.00 bits per heavy atom. The lowest BCUT2D eigenvalue weighted by atomic mass is 10.0. The molecule has 0 atom stereocenters. The second-order valence-electron chi connectivity index (χ2n) is 8.05. The zero-order chi connectivity index (χ0) is 22.7. The minimum Gasteiger partial charge on any atom is -0.464 e. The molecule has 0 bridgehead atoms. The van der Waals surface area contributed by atoms with E-state index in [1.165, 1.54) is 0 Å². The Morgan fingerprint density at radius 1 is 1.22 bits per heavy atom. The summed E-state index contributed by atoms with van der Waals surface area (Å²) in [7, 11) is 0. The van der Waals surface area contributed by atoms with Gasteiger partial charge in [0.2, 0.25) is 5.91 Å². The molecule has 1 aromatic heterocycles. The molecule has 1 fully saturated rings. The van der Waals surface area contributed by atoms with E-state index in [0.29, 0.717) is 44.6 Å². The van der Waals surface area contributed by atoms with Crippen molar-refractivity contribution in [1.82, 2.24) is 15.0 Å². The molecule has 32 heavy (non-hydrogen) atoms. The number of nitrogens with zero attached hydrogens (tertiary/aromatic N) is 3. The van der Waals surface area contributed by atoms with Crippen molar-refractivity contribution in [2.75, 3.05) is 32.8 Å². The molecule has 3 heterocycles. The molecule has 1 aromatic carbocycles. The van der Waals surface area contributed by atoms with Gasteiger partial charge in [-0.25, -0.2) is 4.79 Å². The van der Waals surface area contributed by atoms with Crippen molar-refractivity contribution in [2.45, 2.75) is 39.3 Å². The molecule has 0 aliphatic carbocycles. The lowest BCUT2D eigenvalue weighted by Crippen LogP contribution is -2.45. The Balaban J connectivity index is 1.29. The number of amides is 2. The zero-order valence-corrected chi connectivity index (χ0v) is 18.3. The van der Waals surface area contributed by atoms with E-state index >= 15 is 0 Å². The number of benzene rings is 1. The Bertz CT molecular complexity index is 1010. The van der Waals surface area contributed by atoms with Gasteiger partial charge in [0, 0.05) is 36.8 Å². The van der Waals surface area contributed by atoms with Crippen molar-refractivity contribution in [1.29, 1.82) is 0 Å². The van der Waals surface area contributed by atoms with E-state index in [2.05, 4.69) is 5.16 Å². The molecular formula is C23H27N3O6. The van der Waals surface area contributed by atoms with Crippen molar-refractivity contribution in [3.8, 4) is 11.3 Å². The molecule has 0 radical (unpaired) electrons. The molecule has 9 heteroatoms. The van der Waals surface area contributed by atoms with E-state index in [0.717, 1.165) is 22.6 Å². The molecule has 170 valence electrons. The van der Waals surface area contributed by atoms with Crippen LogP contribution in [0.3, 0.4) is 0 Å². The van der Waals surface area contributed by atoms with Gasteiger partial charge in [-0.1, -0.05) is 11.2 Å². The third-order valence-corrected chi connectivity index (χ3v) is 5.77. The predicted octanol–water partition coefficient (Wildman–Crippen LogP) is 2.18. The predicted molar refractivity (Wildman–Crippen MR) is 114 cm³/mol. The summed E-state index contributed by atoms with van der Waals surface area (Å²) in [5.74, 6) is 0.130. The van der Waals surface area contributed by atoms with Crippen LogP contribution in [0.1, 0.15) is 41.4 Å². The Morgan fingerprint density at radius 3 is 2.69 bits per heavy atom. The molecule has 0 N–H and O–H groups in total. The smallest absolute Gasteiger partial charge is 0.332 e. The number of carbonyl (C=O) groups excluding carboxylic acids is 3. The summed E-state index contributed by atoms with van der Waals surface area (Å²) in [5, 5.41) is 4.03. The van der Waals surface area contributed by atoms with E-state index in [1.807, 2.05) is 25.1 Å². The minimum absolute atomic E-state index is 0.0419. The van der Waals surface area contributed by atoms with Crippen molar-refractivity contribution < 1.29 is 28.4 Å². The van der Waals surface area contributed by atoms with Gasteiger partial charge in [0.15, 0.2) is 0 Å². The van der Waals surface area contributed by atoms with Crippen LogP contribution in [-0.2, 0) is 25.6 Å². The summed E-state index contributed by atoms with van der Waals surface area (Å²) in [6.45, 7) is 5.36. The second-order valence-corrected chi connectivity index (χ2v) is 8.05. The van der Waals surface area contributed by atoms with Crippen LogP contribution in [0.25, 0.3) is 11.3 Å². The number of ether oxygens (including phenoxy) is 2. The lowest BCUT2D eigenvalue weighted by molar-refractivity contribution is -0.152. The number of fused-ring (bicyclic) bond motifs is 1. The van der Waals surface area contributed by atoms with Gasteiger partial charge in [0.05, 0.1) is 12.7 Å². The molecule has 2 aromatic rings. The van der Waals surface area contributed by atoms with E-state index in [9.17, 15) is 14.4 Å². The first-order chi connectivity index (χ1) is 15.4. The first-order valence-electron chi connectivity index (χ1n) is 10.9. The summed E-state index contributed by atoms with van der Waals surface area (Å²) >= 11 is 0.